The molecule has 1 spiro atoms. The Morgan fingerprint density at radius 1 is 1.09 bits per heavy atom. The number of hydrogen-bond donors (Lipinski definition) is 0. The molecule has 1 aromatic heterocycles. The predicted molar refractivity (Wildman–Crippen MR) is 88.5 cm³/mol. The fourth-order valence-electron chi connectivity index (χ4n) is 5.29. The highest BCUT2D eigenvalue weighted by Gasteiger charge is 2.60. The zero-order valence-corrected chi connectivity index (χ0v) is 13.9. The SMILES string of the molecule is CN1CCN(C2N3CCC(CC3)C23Cc2cccnc2O3)CC1. The number of piperidine rings is 3. The van der Waals surface area contributed by atoms with E-state index in [1.165, 1.54) is 31.5 Å². The molecular formula is C18H26N4O. The largest absolute Gasteiger partial charge is 0.467 e. The van der Waals surface area contributed by atoms with Crippen LogP contribution in [-0.4, -0.2) is 77.8 Å². The number of aromatic nitrogens is 1. The van der Waals surface area contributed by atoms with Crippen molar-refractivity contribution in [2.24, 2.45) is 5.92 Å². The topological polar surface area (TPSA) is 31.8 Å². The molecule has 4 saturated heterocycles. The van der Waals surface area contributed by atoms with Crippen LogP contribution in [-0.2, 0) is 6.42 Å². The predicted octanol–water partition coefficient (Wildman–Crippen LogP) is 1.05. The Hall–Kier alpha value is -1.17. The second-order valence-corrected chi connectivity index (χ2v) is 7.72. The van der Waals surface area contributed by atoms with Gasteiger partial charge in [0.2, 0.25) is 5.88 Å². The van der Waals surface area contributed by atoms with Crippen LogP contribution in [0, 0.1) is 5.92 Å². The van der Waals surface area contributed by atoms with Crippen LogP contribution in [0.3, 0.4) is 0 Å². The lowest BCUT2D eigenvalue weighted by molar-refractivity contribution is -0.186. The number of rotatable bonds is 1. The molecule has 4 fully saturated rings. The maximum absolute atomic E-state index is 6.65. The zero-order chi connectivity index (χ0) is 15.4. The first-order valence-electron chi connectivity index (χ1n) is 9.06. The number of fused-ring (bicyclic) bond motifs is 3. The van der Waals surface area contributed by atoms with Crippen LogP contribution in [0.2, 0.25) is 0 Å². The minimum atomic E-state index is -0.0664. The van der Waals surface area contributed by atoms with E-state index in [2.05, 4.69) is 32.8 Å². The summed E-state index contributed by atoms with van der Waals surface area (Å²) in [6.07, 6.45) is 5.88. The summed E-state index contributed by atoms with van der Waals surface area (Å²) in [7, 11) is 2.23. The molecule has 1 aromatic rings. The normalized spacial score (nSPS) is 40.3. The molecule has 0 N–H and O–H groups in total. The van der Waals surface area contributed by atoms with Gasteiger partial charge in [-0.1, -0.05) is 6.07 Å². The lowest BCUT2D eigenvalue weighted by Gasteiger charge is -2.60. The Morgan fingerprint density at radius 2 is 1.83 bits per heavy atom. The average Bonchev–Trinajstić information content (AvgIpc) is 2.96. The van der Waals surface area contributed by atoms with Crippen molar-refractivity contribution in [1.82, 2.24) is 19.7 Å². The van der Waals surface area contributed by atoms with E-state index >= 15 is 0 Å². The first-order valence-corrected chi connectivity index (χ1v) is 9.06. The molecule has 5 heteroatoms. The lowest BCUT2D eigenvalue weighted by Crippen LogP contribution is -2.74. The Bertz CT molecular complexity index is 565. The molecule has 6 rings (SSSR count). The standard InChI is InChI=1S/C18H26N4O/c1-20-9-11-22(12-10-20)17-18(15-4-7-21(17)8-5-15)13-14-3-2-6-19-16(14)23-18/h2-3,6,15,17H,4-5,7-13H2,1H3. The maximum atomic E-state index is 6.65. The van der Waals surface area contributed by atoms with E-state index in [1.54, 1.807) is 0 Å². The monoisotopic (exact) mass is 314 g/mol. The quantitative estimate of drug-likeness (QED) is 0.774. The van der Waals surface area contributed by atoms with Gasteiger partial charge < -0.3 is 9.64 Å². The highest BCUT2D eigenvalue weighted by Crippen LogP contribution is 2.50. The molecule has 6 heterocycles. The molecule has 2 unspecified atom stereocenters. The third-order valence-electron chi connectivity index (χ3n) is 6.49. The summed E-state index contributed by atoms with van der Waals surface area (Å²) in [6.45, 7) is 7.10. The number of nitrogens with zero attached hydrogens (tertiary/aromatic N) is 4. The molecule has 2 bridgehead atoms. The van der Waals surface area contributed by atoms with E-state index in [1.807, 2.05) is 12.3 Å². The van der Waals surface area contributed by atoms with Crippen molar-refractivity contribution in [2.75, 3.05) is 46.3 Å². The van der Waals surface area contributed by atoms with Gasteiger partial charge in [-0.25, -0.2) is 4.98 Å². The molecule has 0 saturated carbocycles. The number of hydrogen-bond acceptors (Lipinski definition) is 5. The van der Waals surface area contributed by atoms with E-state index in [0.29, 0.717) is 12.1 Å². The summed E-state index contributed by atoms with van der Waals surface area (Å²) in [4.78, 5) is 12.3. The Labute approximate surface area is 138 Å². The van der Waals surface area contributed by atoms with Gasteiger partial charge >= 0.3 is 0 Å². The van der Waals surface area contributed by atoms with Gasteiger partial charge in [0.1, 0.15) is 11.8 Å². The van der Waals surface area contributed by atoms with Gasteiger partial charge in [0.15, 0.2) is 0 Å². The third kappa shape index (κ3) is 2.06. The maximum Gasteiger partial charge on any atom is 0.217 e. The molecule has 0 aromatic carbocycles. The number of piperazine rings is 1. The van der Waals surface area contributed by atoms with E-state index in [4.69, 9.17) is 4.74 Å². The van der Waals surface area contributed by atoms with Crippen LogP contribution in [0.4, 0.5) is 0 Å². The summed E-state index contributed by atoms with van der Waals surface area (Å²) in [5.41, 5.74) is 1.24. The molecule has 23 heavy (non-hydrogen) atoms. The Morgan fingerprint density at radius 3 is 2.57 bits per heavy atom. The summed E-state index contributed by atoms with van der Waals surface area (Å²) in [6, 6.07) is 4.25. The highest BCUT2D eigenvalue weighted by molar-refractivity contribution is 5.35. The van der Waals surface area contributed by atoms with Crippen molar-refractivity contribution in [1.29, 1.82) is 0 Å². The van der Waals surface area contributed by atoms with Gasteiger partial charge in [-0.3, -0.25) is 9.80 Å². The van der Waals surface area contributed by atoms with Crippen molar-refractivity contribution < 1.29 is 4.74 Å². The van der Waals surface area contributed by atoms with Crippen molar-refractivity contribution in [3.63, 3.8) is 0 Å². The summed E-state index contributed by atoms with van der Waals surface area (Å²) >= 11 is 0. The minimum absolute atomic E-state index is 0.0664. The summed E-state index contributed by atoms with van der Waals surface area (Å²) in [5, 5.41) is 0. The number of ether oxygens (including phenoxy) is 1. The van der Waals surface area contributed by atoms with Crippen molar-refractivity contribution in [2.45, 2.75) is 31.0 Å². The zero-order valence-electron chi connectivity index (χ0n) is 13.9. The molecule has 0 amide bonds. The van der Waals surface area contributed by atoms with Gasteiger partial charge in [-0.15, -0.1) is 0 Å². The first kappa shape index (κ1) is 14.2. The van der Waals surface area contributed by atoms with Crippen LogP contribution in [0.15, 0.2) is 18.3 Å². The second-order valence-electron chi connectivity index (χ2n) is 7.72. The smallest absolute Gasteiger partial charge is 0.217 e. The van der Waals surface area contributed by atoms with Gasteiger partial charge in [-0.2, -0.15) is 0 Å². The van der Waals surface area contributed by atoms with E-state index in [-0.39, 0.29) is 5.60 Å². The third-order valence-corrected chi connectivity index (χ3v) is 6.49. The average molecular weight is 314 g/mol. The Balaban J connectivity index is 1.50. The van der Waals surface area contributed by atoms with Gasteiger partial charge in [0, 0.05) is 63.4 Å². The van der Waals surface area contributed by atoms with Crippen LogP contribution in [0.1, 0.15) is 18.4 Å². The summed E-state index contributed by atoms with van der Waals surface area (Å²) < 4.78 is 6.65. The number of likely N-dealkylation sites (N-methyl/N-ethyl adjacent to an activating group) is 1. The molecule has 5 aliphatic heterocycles. The van der Waals surface area contributed by atoms with Gasteiger partial charge in [-0.05, 0) is 26.0 Å². The summed E-state index contributed by atoms with van der Waals surface area (Å²) in [5.74, 6) is 1.56. The van der Waals surface area contributed by atoms with Crippen LogP contribution in [0.25, 0.3) is 0 Å². The van der Waals surface area contributed by atoms with Crippen molar-refractivity contribution in [3.8, 4) is 5.88 Å². The van der Waals surface area contributed by atoms with Crippen LogP contribution < -0.4 is 4.74 Å². The van der Waals surface area contributed by atoms with Crippen LogP contribution in [0.5, 0.6) is 5.88 Å². The van der Waals surface area contributed by atoms with Crippen LogP contribution >= 0.6 is 0 Å². The fraction of sp³-hybridized carbons (Fsp3) is 0.722. The molecule has 5 aliphatic rings. The fourth-order valence-corrected chi connectivity index (χ4v) is 5.29. The lowest BCUT2D eigenvalue weighted by atomic mass is 9.70. The molecule has 124 valence electrons. The van der Waals surface area contributed by atoms with E-state index < -0.39 is 0 Å². The first-order chi connectivity index (χ1) is 11.3. The number of pyridine rings is 1. The van der Waals surface area contributed by atoms with E-state index in [9.17, 15) is 0 Å². The van der Waals surface area contributed by atoms with Gasteiger partial charge in [0.05, 0.1) is 0 Å². The molecule has 5 nitrogen and oxygen atoms in total. The molecule has 2 atom stereocenters. The Kier molecular flexibility index (Phi) is 3.19. The molecular weight excluding hydrogens is 288 g/mol. The van der Waals surface area contributed by atoms with Gasteiger partial charge in [0.25, 0.3) is 0 Å². The molecule has 0 aliphatic carbocycles. The van der Waals surface area contributed by atoms with Crippen molar-refractivity contribution >= 4 is 0 Å². The second kappa shape index (κ2) is 5.16. The molecule has 0 radical (unpaired) electrons. The minimum Gasteiger partial charge on any atom is -0.467 e. The highest BCUT2D eigenvalue weighted by atomic mass is 16.5. The van der Waals surface area contributed by atoms with Crippen molar-refractivity contribution in [3.05, 3.63) is 23.9 Å². The van der Waals surface area contributed by atoms with E-state index in [0.717, 1.165) is 38.5 Å².